The van der Waals surface area contributed by atoms with E-state index in [0.717, 1.165) is 56.4 Å². The van der Waals surface area contributed by atoms with Crippen LogP contribution in [-0.4, -0.2) is 65.2 Å². The van der Waals surface area contributed by atoms with Crippen molar-refractivity contribution in [3.8, 4) is 0 Å². The largest absolute Gasteiger partial charge is 0.468 e. The molecule has 5 rings (SSSR count). The van der Waals surface area contributed by atoms with Crippen LogP contribution >= 0.6 is 23.1 Å². The lowest BCUT2D eigenvalue weighted by Gasteiger charge is -2.36. The van der Waals surface area contributed by atoms with Crippen LogP contribution in [0.25, 0.3) is 20.4 Å². The summed E-state index contributed by atoms with van der Waals surface area (Å²) < 4.78 is 17.6. The smallest absolute Gasteiger partial charge is 0.318 e. The normalized spacial score (nSPS) is 19.2. The van der Waals surface area contributed by atoms with Gasteiger partial charge in [-0.1, -0.05) is 11.8 Å². The van der Waals surface area contributed by atoms with Crippen LogP contribution in [0.3, 0.4) is 0 Å². The molecular weight excluding hydrogens is 448 g/mol. The molecule has 1 fully saturated rings. The number of carbonyl (C=O) groups is 1. The Labute approximate surface area is 194 Å². The third kappa shape index (κ3) is 3.83. The van der Waals surface area contributed by atoms with Gasteiger partial charge in [0.25, 0.3) is 0 Å². The topological polar surface area (TPSA) is 86.7 Å². The van der Waals surface area contributed by atoms with Crippen molar-refractivity contribution < 1.29 is 19.0 Å². The molecule has 0 saturated carbocycles. The van der Waals surface area contributed by atoms with Crippen molar-refractivity contribution in [2.75, 3.05) is 38.3 Å². The number of anilines is 1. The number of aromatic nitrogens is 3. The molecule has 0 N–H and O–H groups in total. The van der Waals surface area contributed by atoms with Crippen LogP contribution in [0.4, 0.5) is 5.82 Å². The van der Waals surface area contributed by atoms with E-state index in [0.29, 0.717) is 19.8 Å². The lowest BCUT2D eigenvalue weighted by molar-refractivity contribution is -0.139. The predicted octanol–water partition coefficient (Wildman–Crippen LogP) is 3.58. The number of hydrogen-bond acceptors (Lipinski definition) is 10. The van der Waals surface area contributed by atoms with E-state index < -0.39 is 0 Å². The number of fused-ring (bicyclic) bond motifs is 5. The molecule has 1 unspecified atom stereocenters. The molecule has 8 nitrogen and oxygen atoms in total. The maximum absolute atomic E-state index is 12.0. The Bertz CT molecular complexity index is 1190. The summed E-state index contributed by atoms with van der Waals surface area (Å²) in [6.45, 7) is 9.64. The van der Waals surface area contributed by atoms with E-state index in [1.54, 1.807) is 17.7 Å². The van der Waals surface area contributed by atoms with Crippen LogP contribution in [0, 0.1) is 0 Å². The lowest BCUT2D eigenvalue weighted by atomic mass is 9.90. The van der Waals surface area contributed by atoms with Gasteiger partial charge in [0.1, 0.15) is 27.3 Å². The number of ether oxygens (including phenoxy) is 3. The van der Waals surface area contributed by atoms with E-state index in [4.69, 9.17) is 19.2 Å². The Balaban J connectivity index is 1.70. The zero-order valence-corrected chi connectivity index (χ0v) is 20.3. The molecule has 1 atom stereocenters. The van der Waals surface area contributed by atoms with Gasteiger partial charge in [0.15, 0.2) is 0 Å². The Morgan fingerprint density at radius 1 is 1.28 bits per heavy atom. The number of morpholine rings is 1. The fourth-order valence-electron chi connectivity index (χ4n) is 4.27. The zero-order chi connectivity index (χ0) is 22.5. The van der Waals surface area contributed by atoms with Gasteiger partial charge in [-0.25, -0.2) is 15.0 Å². The summed E-state index contributed by atoms with van der Waals surface area (Å²) in [5.41, 5.74) is 3.04. The van der Waals surface area contributed by atoms with Crippen molar-refractivity contribution in [2.24, 2.45) is 0 Å². The quantitative estimate of drug-likeness (QED) is 0.320. The molecule has 0 radical (unpaired) electrons. The number of esters is 1. The summed E-state index contributed by atoms with van der Waals surface area (Å²) in [4.78, 5) is 29.5. The average Bonchev–Trinajstić information content (AvgIpc) is 3.17. The molecule has 3 aromatic rings. The molecule has 0 amide bonds. The third-order valence-corrected chi connectivity index (χ3v) is 8.19. The van der Waals surface area contributed by atoms with Crippen molar-refractivity contribution in [3.63, 3.8) is 0 Å². The van der Waals surface area contributed by atoms with Gasteiger partial charge in [0.2, 0.25) is 0 Å². The Hall–Kier alpha value is -2.01. The molecule has 1 saturated heterocycles. The first-order valence-corrected chi connectivity index (χ1v) is 12.4. The minimum absolute atomic E-state index is 0.262. The first-order chi connectivity index (χ1) is 15.4. The van der Waals surface area contributed by atoms with Crippen molar-refractivity contribution in [1.29, 1.82) is 0 Å². The maximum atomic E-state index is 12.0. The van der Waals surface area contributed by atoms with E-state index >= 15 is 0 Å². The van der Waals surface area contributed by atoms with Gasteiger partial charge in [0.05, 0.1) is 42.7 Å². The van der Waals surface area contributed by atoms with Crippen LogP contribution in [0.1, 0.15) is 31.9 Å². The van der Waals surface area contributed by atoms with Crippen molar-refractivity contribution in [1.82, 2.24) is 15.0 Å². The number of thiophene rings is 1. The SMILES string of the molecule is COC(=O)C(C)Sc1ncnc2c1sc1nc(N3CCOCC3)c3c(c12)CC(C)(C)OC3. The number of nitrogens with zero attached hydrogens (tertiary/aromatic N) is 4. The lowest BCUT2D eigenvalue weighted by Crippen LogP contribution is -2.39. The molecule has 0 spiro atoms. The molecule has 32 heavy (non-hydrogen) atoms. The minimum Gasteiger partial charge on any atom is -0.468 e. The number of pyridine rings is 1. The van der Waals surface area contributed by atoms with Crippen molar-refractivity contribution in [3.05, 3.63) is 17.5 Å². The van der Waals surface area contributed by atoms with Gasteiger partial charge in [-0.2, -0.15) is 0 Å². The average molecular weight is 475 g/mol. The maximum Gasteiger partial charge on any atom is 0.318 e. The fraction of sp³-hybridized carbons (Fsp3) is 0.545. The van der Waals surface area contributed by atoms with E-state index in [-0.39, 0.29) is 16.8 Å². The highest BCUT2D eigenvalue weighted by molar-refractivity contribution is 8.00. The van der Waals surface area contributed by atoms with Crippen LogP contribution in [-0.2, 0) is 32.0 Å². The highest BCUT2D eigenvalue weighted by atomic mass is 32.2. The molecule has 5 heterocycles. The standard InChI is InChI=1S/C22H26N4O4S2/c1-12(21(27)28-4)31-20-17-16(23-11-24-20)15-13-9-22(2,3)30-10-14(13)18(25-19(15)32-17)26-5-7-29-8-6-26/h11-12H,5-10H2,1-4H3. The summed E-state index contributed by atoms with van der Waals surface area (Å²) in [7, 11) is 1.40. The summed E-state index contributed by atoms with van der Waals surface area (Å²) >= 11 is 2.99. The summed E-state index contributed by atoms with van der Waals surface area (Å²) in [5.74, 6) is 0.717. The van der Waals surface area contributed by atoms with Crippen molar-refractivity contribution >= 4 is 55.3 Å². The molecule has 3 aromatic heterocycles. The second-order valence-corrected chi connectivity index (χ2v) is 11.0. The minimum atomic E-state index is -0.360. The summed E-state index contributed by atoms with van der Waals surface area (Å²) in [5, 5.41) is 1.51. The monoisotopic (exact) mass is 474 g/mol. The zero-order valence-electron chi connectivity index (χ0n) is 18.6. The van der Waals surface area contributed by atoms with Crippen LogP contribution in [0.15, 0.2) is 11.4 Å². The molecule has 170 valence electrons. The highest BCUT2D eigenvalue weighted by Crippen LogP contribution is 2.44. The number of methoxy groups -OCH3 is 1. The second-order valence-electron chi connectivity index (χ2n) is 8.64. The van der Waals surface area contributed by atoms with E-state index in [9.17, 15) is 4.79 Å². The molecule has 2 aliphatic rings. The Morgan fingerprint density at radius 3 is 2.81 bits per heavy atom. The van der Waals surface area contributed by atoms with Crippen LogP contribution in [0.2, 0.25) is 0 Å². The van der Waals surface area contributed by atoms with E-state index in [2.05, 4.69) is 28.7 Å². The first kappa shape index (κ1) is 21.8. The fourth-order valence-corrected chi connectivity index (χ4v) is 6.42. The highest BCUT2D eigenvalue weighted by Gasteiger charge is 2.33. The first-order valence-electron chi connectivity index (χ1n) is 10.7. The molecule has 10 heteroatoms. The van der Waals surface area contributed by atoms with Gasteiger partial charge >= 0.3 is 5.97 Å². The van der Waals surface area contributed by atoms with Gasteiger partial charge in [-0.15, -0.1) is 11.3 Å². The third-order valence-electron chi connectivity index (χ3n) is 5.91. The molecular formula is C22H26N4O4S2. The molecule has 0 aromatic carbocycles. The van der Waals surface area contributed by atoms with Gasteiger partial charge in [-0.3, -0.25) is 4.79 Å². The van der Waals surface area contributed by atoms with Gasteiger partial charge < -0.3 is 19.1 Å². The molecule has 0 bridgehead atoms. The predicted molar refractivity (Wildman–Crippen MR) is 126 cm³/mol. The van der Waals surface area contributed by atoms with Crippen LogP contribution < -0.4 is 4.90 Å². The van der Waals surface area contributed by atoms with E-state index in [1.807, 2.05) is 6.92 Å². The number of rotatable bonds is 4. The van der Waals surface area contributed by atoms with Gasteiger partial charge in [-0.05, 0) is 26.3 Å². The molecule has 2 aliphatic heterocycles. The number of carbonyl (C=O) groups excluding carboxylic acids is 1. The van der Waals surface area contributed by atoms with Crippen molar-refractivity contribution in [2.45, 2.75) is 49.7 Å². The second kappa shape index (κ2) is 8.40. The number of hydrogen-bond donors (Lipinski definition) is 0. The Morgan fingerprint density at radius 2 is 2.06 bits per heavy atom. The number of thioether (sulfide) groups is 1. The Kier molecular flexibility index (Phi) is 5.73. The van der Waals surface area contributed by atoms with Gasteiger partial charge in [0, 0.05) is 30.5 Å². The summed E-state index contributed by atoms with van der Waals surface area (Å²) in [6, 6.07) is 0. The van der Waals surface area contributed by atoms with E-state index in [1.165, 1.54) is 24.4 Å². The molecule has 0 aliphatic carbocycles. The summed E-state index contributed by atoms with van der Waals surface area (Å²) in [6.07, 6.45) is 2.36. The van der Waals surface area contributed by atoms with Crippen LogP contribution in [0.5, 0.6) is 0 Å².